The summed E-state index contributed by atoms with van der Waals surface area (Å²) < 4.78 is 222. The van der Waals surface area contributed by atoms with Gasteiger partial charge >= 0.3 is 30.9 Å². The summed E-state index contributed by atoms with van der Waals surface area (Å²) in [7, 11) is 0. The Balaban J connectivity index is 1.26. The number of aromatic nitrogens is 2. The molecule has 2 aromatic heterocycles. The van der Waals surface area contributed by atoms with Crippen LogP contribution in [0.25, 0.3) is 111 Å². The molecule has 12 rings (SSSR count). The van der Waals surface area contributed by atoms with Crippen molar-refractivity contribution in [2.45, 2.75) is 65.5 Å². The van der Waals surface area contributed by atoms with Gasteiger partial charge in [0.25, 0.3) is 0 Å². The summed E-state index contributed by atoms with van der Waals surface area (Å²) in [6.45, 7) is 7.36. The Morgan fingerprint density at radius 2 is 0.461 bits per heavy atom. The van der Waals surface area contributed by atoms with E-state index >= 15 is 0 Å². The Morgan fingerprint density at radius 3 is 0.663 bits per heavy atom. The van der Waals surface area contributed by atoms with Crippen LogP contribution in [0.5, 0.6) is 0 Å². The van der Waals surface area contributed by atoms with Crippen molar-refractivity contribution in [1.82, 2.24) is 9.13 Å². The maximum absolute atomic E-state index is 15.0. The van der Waals surface area contributed by atoms with Crippen LogP contribution in [-0.2, 0) is 30.9 Å². The third kappa shape index (κ3) is 11.1. The molecule has 0 bridgehead atoms. The fourth-order valence-corrected chi connectivity index (χ4v) is 12.1. The monoisotopic (exact) mass is 1220 g/mol. The number of nitrogens with zero attached hydrogens (tertiary/aromatic N) is 3. The molecule has 18 heteroatoms. The van der Waals surface area contributed by atoms with Gasteiger partial charge in [-0.2, -0.15) is 71.1 Å². The summed E-state index contributed by atoms with van der Waals surface area (Å²) in [6, 6.07) is 41.4. The number of halogens is 15. The van der Waals surface area contributed by atoms with Gasteiger partial charge in [0.05, 0.1) is 61.3 Å². The molecule has 0 aliphatic rings. The van der Waals surface area contributed by atoms with E-state index in [0.29, 0.717) is 21.5 Å². The maximum atomic E-state index is 15.0. The first kappa shape index (κ1) is 59.6. The average molecular weight is 1220 g/mol. The van der Waals surface area contributed by atoms with Crippen LogP contribution in [0.2, 0.25) is 0 Å². The molecule has 0 fully saturated rings. The van der Waals surface area contributed by atoms with E-state index in [0.717, 1.165) is 60.7 Å². The molecule has 3 nitrogen and oxygen atoms in total. The van der Waals surface area contributed by atoms with Gasteiger partial charge < -0.3 is 9.13 Å². The van der Waals surface area contributed by atoms with Crippen molar-refractivity contribution >= 4 is 43.6 Å². The Labute approximate surface area is 497 Å². The first-order valence-electron chi connectivity index (χ1n) is 27.4. The third-order valence-electron chi connectivity index (χ3n) is 15.9. The van der Waals surface area contributed by atoms with Crippen molar-refractivity contribution in [3.05, 3.63) is 237 Å². The zero-order valence-electron chi connectivity index (χ0n) is 47.3. The first-order valence-corrected chi connectivity index (χ1v) is 27.4. The van der Waals surface area contributed by atoms with Crippen molar-refractivity contribution in [3.63, 3.8) is 0 Å². The van der Waals surface area contributed by atoms with Crippen LogP contribution in [-0.4, -0.2) is 9.13 Å². The summed E-state index contributed by atoms with van der Waals surface area (Å²) in [5.41, 5.74) is -1.77. The van der Waals surface area contributed by atoms with Gasteiger partial charge in [-0.1, -0.05) is 78.9 Å². The van der Waals surface area contributed by atoms with Crippen LogP contribution in [0, 0.1) is 45.9 Å². The molecule has 0 N–H and O–H groups in total. The van der Waals surface area contributed by atoms with E-state index in [-0.39, 0.29) is 122 Å². The van der Waals surface area contributed by atoms with E-state index in [1.165, 1.54) is 77.1 Å². The second-order valence-corrected chi connectivity index (χ2v) is 22.5. The van der Waals surface area contributed by atoms with Gasteiger partial charge in [-0.15, -0.1) is 0 Å². The van der Waals surface area contributed by atoms with Crippen LogP contribution in [0.15, 0.2) is 176 Å². The van der Waals surface area contributed by atoms with Crippen molar-refractivity contribution < 1.29 is 65.9 Å². The summed E-state index contributed by atoms with van der Waals surface area (Å²) in [4.78, 5) is 0. The predicted molar refractivity (Wildman–Crippen MR) is 316 cm³/mol. The Bertz CT molecular complexity index is 4450. The van der Waals surface area contributed by atoms with Crippen molar-refractivity contribution in [3.8, 4) is 73.1 Å². The molecular weight excluding hydrogens is 1180 g/mol. The van der Waals surface area contributed by atoms with Crippen LogP contribution in [0.1, 0.15) is 61.2 Å². The topological polar surface area (TPSA) is 33.6 Å². The zero-order valence-corrected chi connectivity index (χ0v) is 47.3. The minimum atomic E-state index is -4.90. The molecule has 2 heterocycles. The van der Waals surface area contributed by atoms with Gasteiger partial charge in [-0.05, 0) is 215 Å². The van der Waals surface area contributed by atoms with E-state index in [1.807, 2.05) is 0 Å². The zero-order chi connectivity index (χ0) is 63.8. The molecule has 10 aromatic carbocycles. The minimum Gasteiger partial charge on any atom is -0.308 e. The Morgan fingerprint density at radius 1 is 0.258 bits per heavy atom. The summed E-state index contributed by atoms with van der Waals surface area (Å²) in [5.74, 6) is 0. The van der Waals surface area contributed by atoms with Gasteiger partial charge in [0.15, 0.2) is 0 Å². The SMILES string of the molecule is Cc1cc(-c2cc(-n3c4cc(-c5cc(C)cc(C(F)(F)F)c5)ccc4c4ccc(-c5cc(C)cc(C(F)(F)F)c5)cc43)c(C#N)c(-n3c4cc(-c5cc(C)cc(C(F)(F)F)c5)ccc4c4ccc(-c5cc(C)cc(C(F)(F)F)c5)cc43)c2)cc(C(F)(F)F)c1. The second-order valence-electron chi connectivity index (χ2n) is 22.5. The summed E-state index contributed by atoms with van der Waals surface area (Å²) in [6.07, 6.45) is -24.0. The molecule has 0 saturated heterocycles. The highest BCUT2D eigenvalue weighted by molar-refractivity contribution is 6.13. The quantitative estimate of drug-likeness (QED) is 0.146. The molecule has 0 aliphatic heterocycles. The number of nitriles is 1. The number of hydrogen-bond acceptors (Lipinski definition) is 1. The van der Waals surface area contributed by atoms with Gasteiger partial charge in [0.2, 0.25) is 0 Å². The number of hydrogen-bond donors (Lipinski definition) is 0. The number of alkyl halides is 15. The molecule has 0 amide bonds. The first-order chi connectivity index (χ1) is 41.7. The lowest BCUT2D eigenvalue weighted by Crippen LogP contribution is -2.07. The highest BCUT2D eigenvalue weighted by atomic mass is 19.4. The normalized spacial score (nSPS) is 12.7. The number of fused-ring (bicyclic) bond motifs is 6. The highest BCUT2D eigenvalue weighted by Gasteiger charge is 2.36. The molecule has 0 aliphatic carbocycles. The molecule has 0 radical (unpaired) electrons. The molecule has 0 saturated carbocycles. The number of benzene rings is 10. The lowest BCUT2D eigenvalue weighted by molar-refractivity contribution is -0.138. The van der Waals surface area contributed by atoms with Crippen LogP contribution >= 0.6 is 0 Å². The van der Waals surface area contributed by atoms with E-state index in [1.54, 1.807) is 81.9 Å². The van der Waals surface area contributed by atoms with E-state index in [4.69, 9.17) is 0 Å². The molecule has 0 unspecified atom stereocenters. The van der Waals surface area contributed by atoms with E-state index < -0.39 is 58.7 Å². The van der Waals surface area contributed by atoms with Crippen molar-refractivity contribution in [2.24, 2.45) is 0 Å². The summed E-state index contributed by atoms with van der Waals surface area (Å²) in [5, 5.41) is 13.7. The number of aryl methyl sites for hydroxylation is 5. The van der Waals surface area contributed by atoms with Crippen LogP contribution in [0.3, 0.4) is 0 Å². The average Bonchev–Trinajstić information content (AvgIpc) is 1.61. The molecular formula is C71H44F15N3. The van der Waals surface area contributed by atoms with Crippen molar-refractivity contribution in [2.75, 3.05) is 0 Å². The molecule has 0 atom stereocenters. The molecule has 12 aromatic rings. The van der Waals surface area contributed by atoms with Gasteiger partial charge in [0, 0.05) is 21.5 Å². The largest absolute Gasteiger partial charge is 0.416 e. The predicted octanol–water partition coefficient (Wildman–Crippen LogP) is 22.7. The molecule has 0 spiro atoms. The fourth-order valence-electron chi connectivity index (χ4n) is 12.1. The second kappa shape index (κ2) is 21.0. The maximum Gasteiger partial charge on any atom is 0.416 e. The summed E-state index contributed by atoms with van der Waals surface area (Å²) >= 11 is 0. The highest BCUT2D eigenvalue weighted by Crippen LogP contribution is 2.47. The van der Waals surface area contributed by atoms with Crippen LogP contribution in [0.4, 0.5) is 65.9 Å². The minimum absolute atomic E-state index is 0.0358. The lowest BCUT2D eigenvalue weighted by atomic mass is 9.96. The molecule has 448 valence electrons. The lowest BCUT2D eigenvalue weighted by Gasteiger charge is -2.20. The number of rotatable bonds is 7. The third-order valence-corrected chi connectivity index (χ3v) is 15.9. The van der Waals surface area contributed by atoms with Crippen molar-refractivity contribution in [1.29, 1.82) is 5.26 Å². The van der Waals surface area contributed by atoms with Crippen LogP contribution < -0.4 is 0 Å². The standard InChI is InChI=1S/C71H44F15N3/c1-36-14-45(24-51(19-36)67(72,73)74)41-6-10-56-57-11-7-42(46-15-37(2)20-52(25-46)68(75,76)77)30-62(57)88(61(56)29-41)65-33-50(49-18-40(5)23-55(28-49)71(84,85)86)34-66(60(65)35-87)89-63-31-43(47-16-38(3)21-53(26-47)69(78,79)80)8-12-58(63)59-13-9-44(32-64(59)89)48-17-39(4)22-54(27-48)70(81,82)83/h6-34H,1-5H3. The Kier molecular flexibility index (Phi) is 14.0. The van der Waals surface area contributed by atoms with Gasteiger partial charge in [-0.25, -0.2) is 0 Å². The van der Waals surface area contributed by atoms with E-state index in [9.17, 15) is 71.1 Å². The van der Waals surface area contributed by atoms with Gasteiger partial charge in [-0.3, -0.25) is 0 Å². The van der Waals surface area contributed by atoms with E-state index in [2.05, 4.69) is 6.07 Å². The Hall–Kier alpha value is -9.76. The molecule has 89 heavy (non-hydrogen) atoms. The fraction of sp³-hybridized carbons (Fsp3) is 0.141. The smallest absolute Gasteiger partial charge is 0.308 e. The van der Waals surface area contributed by atoms with Gasteiger partial charge in [0.1, 0.15) is 11.6 Å².